The van der Waals surface area contributed by atoms with E-state index in [1.807, 2.05) is 36.4 Å². The van der Waals surface area contributed by atoms with E-state index in [1.54, 1.807) is 37.5 Å². The summed E-state index contributed by atoms with van der Waals surface area (Å²) in [7, 11) is 0. The number of pyridine rings is 3. The molecule has 0 unspecified atom stereocenters. The molecule has 148 valence electrons. The highest BCUT2D eigenvalue weighted by Gasteiger charge is 2.12. The molecule has 0 saturated carbocycles. The van der Waals surface area contributed by atoms with Crippen LogP contribution in [0.3, 0.4) is 0 Å². The first kappa shape index (κ1) is 19.2. The summed E-state index contributed by atoms with van der Waals surface area (Å²) in [6, 6.07) is 16.4. The molecule has 7 heteroatoms. The fraction of sp³-hybridized carbons (Fsp3) is 0.0435. The van der Waals surface area contributed by atoms with Crippen molar-refractivity contribution >= 4 is 23.2 Å². The van der Waals surface area contributed by atoms with Gasteiger partial charge in [0.1, 0.15) is 17.5 Å². The summed E-state index contributed by atoms with van der Waals surface area (Å²) < 4.78 is 13.4. The SMILES string of the molecule is Cc1cc(Nc2cc(C(=O)Nc3cnccc3-c3ccccc3)ccn2)ncc1F. The highest BCUT2D eigenvalue weighted by atomic mass is 19.1. The molecule has 3 heterocycles. The number of aryl methyl sites for hydroxylation is 1. The third-order valence-corrected chi connectivity index (χ3v) is 4.48. The lowest BCUT2D eigenvalue weighted by Gasteiger charge is -2.11. The second-order valence-corrected chi connectivity index (χ2v) is 6.61. The molecule has 4 rings (SSSR count). The number of benzene rings is 1. The van der Waals surface area contributed by atoms with Crippen LogP contribution in [0.5, 0.6) is 0 Å². The molecule has 0 aliphatic carbocycles. The Hall–Kier alpha value is -4.13. The van der Waals surface area contributed by atoms with E-state index in [0.717, 1.165) is 17.3 Å². The van der Waals surface area contributed by atoms with Crippen LogP contribution in [-0.4, -0.2) is 20.9 Å². The number of rotatable bonds is 5. The number of halogens is 1. The first-order chi connectivity index (χ1) is 14.6. The normalized spacial score (nSPS) is 10.5. The molecule has 0 aliphatic rings. The number of hydrogen-bond acceptors (Lipinski definition) is 5. The second-order valence-electron chi connectivity index (χ2n) is 6.61. The van der Waals surface area contributed by atoms with Gasteiger partial charge in [0.15, 0.2) is 0 Å². The van der Waals surface area contributed by atoms with Crippen molar-refractivity contribution in [3.8, 4) is 11.1 Å². The minimum atomic E-state index is -0.382. The largest absolute Gasteiger partial charge is 0.325 e. The predicted molar refractivity (Wildman–Crippen MR) is 114 cm³/mol. The number of nitrogens with one attached hydrogen (secondary N) is 2. The molecule has 0 fully saturated rings. The van der Waals surface area contributed by atoms with Crippen LogP contribution in [0.25, 0.3) is 11.1 Å². The molecule has 0 aliphatic heterocycles. The summed E-state index contributed by atoms with van der Waals surface area (Å²) in [5.74, 6) is 0.189. The molecular weight excluding hydrogens is 381 g/mol. The molecule has 3 aromatic heterocycles. The van der Waals surface area contributed by atoms with Gasteiger partial charge in [-0.2, -0.15) is 0 Å². The molecule has 30 heavy (non-hydrogen) atoms. The summed E-state index contributed by atoms with van der Waals surface area (Å²) in [5.41, 5.74) is 3.33. The molecular formula is C23H18FN5O. The smallest absolute Gasteiger partial charge is 0.255 e. The van der Waals surface area contributed by atoms with E-state index in [-0.39, 0.29) is 11.7 Å². The Balaban J connectivity index is 1.55. The van der Waals surface area contributed by atoms with Gasteiger partial charge in [0, 0.05) is 23.5 Å². The van der Waals surface area contributed by atoms with Crippen LogP contribution < -0.4 is 10.6 Å². The van der Waals surface area contributed by atoms with Crippen molar-refractivity contribution in [2.24, 2.45) is 0 Å². The van der Waals surface area contributed by atoms with Gasteiger partial charge in [0.2, 0.25) is 0 Å². The molecule has 1 aromatic carbocycles. The summed E-state index contributed by atoms with van der Waals surface area (Å²) in [6.45, 7) is 1.65. The number of hydrogen-bond donors (Lipinski definition) is 2. The molecule has 0 saturated heterocycles. The van der Waals surface area contributed by atoms with E-state index in [0.29, 0.717) is 28.5 Å². The Morgan fingerprint density at radius 3 is 2.53 bits per heavy atom. The second kappa shape index (κ2) is 8.48. The Morgan fingerprint density at radius 1 is 0.933 bits per heavy atom. The highest BCUT2D eigenvalue weighted by Crippen LogP contribution is 2.27. The highest BCUT2D eigenvalue weighted by molar-refractivity contribution is 6.06. The lowest BCUT2D eigenvalue weighted by atomic mass is 10.1. The van der Waals surface area contributed by atoms with E-state index >= 15 is 0 Å². The van der Waals surface area contributed by atoms with Crippen LogP contribution in [0.2, 0.25) is 0 Å². The minimum absolute atomic E-state index is 0.297. The van der Waals surface area contributed by atoms with Gasteiger partial charge in [-0.15, -0.1) is 0 Å². The van der Waals surface area contributed by atoms with Crippen LogP contribution in [0.15, 0.2) is 79.4 Å². The number of carbonyl (C=O) groups is 1. The van der Waals surface area contributed by atoms with E-state index in [4.69, 9.17) is 0 Å². The summed E-state index contributed by atoms with van der Waals surface area (Å²) >= 11 is 0. The quantitative estimate of drug-likeness (QED) is 0.495. The van der Waals surface area contributed by atoms with Crippen molar-refractivity contribution in [2.45, 2.75) is 6.92 Å². The molecule has 1 amide bonds. The Bertz CT molecular complexity index is 1200. The maximum Gasteiger partial charge on any atom is 0.255 e. The topological polar surface area (TPSA) is 79.8 Å². The number of carbonyl (C=O) groups excluding carboxylic acids is 1. The molecule has 0 spiro atoms. The van der Waals surface area contributed by atoms with Crippen LogP contribution >= 0.6 is 0 Å². The van der Waals surface area contributed by atoms with Crippen molar-refractivity contribution < 1.29 is 9.18 Å². The van der Waals surface area contributed by atoms with Gasteiger partial charge in [0.25, 0.3) is 5.91 Å². The molecule has 4 aromatic rings. The van der Waals surface area contributed by atoms with E-state index in [9.17, 15) is 9.18 Å². The molecule has 0 atom stereocenters. The average molecular weight is 399 g/mol. The van der Waals surface area contributed by atoms with Crippen LogP contribution in [0.1, 0.15) is 15.9 Å². The third-order valence-electron chi connectivity index (χ3n) is 4.48. The lowest BCUT2D eigenvalue weighted by Crippen LogP contribution is -2.13. The van der Waals surface area contributed by atoms with Crippen molar-refractivity contribution in [3.63, 3.8) is 0 Å². The van der Waals surface area contributed by atoms with Crippen molar-refractivity contribution in [1.82, 2.24) is 15.0 Å². The van der Waals surface area contributed by atoms with Crippen molar-refractivity contribution in [2.75, 3.05) is 10.6 Å². The number of anilines is 3. The van der Waals surface area contributed by atoms with Crippen molar-refractivity contribution in [3.05, 3.63) is 96.3 Å². The number of nitrogens with zero attached hydrogens (tertiary/aromatic N) is 3. The van der Waals surface area contributed by atoms with Gasteiger partial charge in [0.05, 0.1) is 18.1 Å². The molecule has 6 nitrogen and oxygen atoms in total. The minimum Gasteiger partial charge on any atom is -0.325 e. The average Bonchev–Trinajstić information content (AvgIpc) is 2.77. The van der Waals surface area contributed by atoms with E-state index < -0.39 is 0 Å². The molecule has 0 radical (unpaired) electrons. The van der Waals surface area contributed by atoms with Crippen molar-refractivity contribution in [1.29, 1.82) is 0 Å². The Morgan fingerprint density at radius 2 is 1.73 bits per heavy atom. The standard InChI is InChI=1S/C23H18FN5O/c1-15-11-21(27-13-19(15)24)29-22-12-17(7-10-26-22)23(30)28-20-14-25-9-8-18(20)16-5-3-2-4-6-16/h2-14H,1H3,(H,28,30)(H,26,27,29). The third kappa shape index (κ3) is 4.30. The van der Waals surface area contributed by atoms with E-state index in [1.165, 1.54) is 6.20 Å². The summed E-state index contributed by atoms with van der Waals surface area (Å²) in [5, 5.41) is 5.90. The Labute approximate surface area is 172 Å². The van der Waals surface area contributed by atoms with Crippen LogP contribution in [-0.2, 0) is 0 Å². The molecule has 0 bridgehead atoms. The van der Waals surface area contributed by atoms with Gasteiger partial charge in [-0.1, -0.05) is 30.3 Å². The lowest BCUT2D eigenvalue weighted by molar-refractivity contribution is 0.102. The van der Waals surface area contributed by atoms with Gasteiger partial charge < -0.3 is 10.6 Å². The first-order valence-electron chi connectivity index (χ1n) is 9.26. The number of amides is 1. The van der Waals surface area contributed by atoms with Gasteiger partial charge >= 0.3 is 0 Å². The predicted octanol–water partition coefficient (Wildman–Crippen LogP) is 4.98. The Kier molecular flexibility index (Phi) is 5.43. The number of aromatic nitrogens is 3. The zero-order chi connectivity index (χ0) is 20.9. The van der Waals surface area contributed by atoms with Gasteiger partial charge in [-0.05, 0) is 42.3 Å². The first-order valence-corrected chi connectivity index (χ1v) is 9.26. The van der Waals surface area contributed by atoms with E-state index in [2.05, 4.69) is 25.6 Å². The zero-order valence-corrected chi connectivity index (χ0v) is 16.1. The summed E-state index contributed by atoms with van der Waals surface area (Å²) in [4.78, 5) is 25.2. The van der Waals surface area contributed by atoms with Crippen LogP contribution in [0, 0.1) is 12.7 Å². The fourth-order valence-electron chi connectivity index (χ4n) is 2.94. The van der Waals surface area contributed by atoms with Crippen LogP contribution in [0.4, 0.5) is 21.7 Å². The maximum atomic E-state index is 13.4. The monoisotopic (exact) mass is 399 g/mol. The van der Waals surface area contributed by atoms with Gasteiger partial charge in [-0.25, -0.2) is 14.4 Å². The summed E-state index contributed by atoms with van der Waals surface area (Å²) in [6.07, 6.45) is 5.96. The van der Waals surface area contributed by atoms with Gasteiger partial charge in [-0.3, -0.25) is 9.78 Å². The molecule has 2 N–H and O–H groups in total. The maximum absolute atomic E-state index is 13.4. The fourth-order valence-corrected chi connectivity index (χ4v) is 2.94. The zero-order valence-electron chi connectivity index (χ0n) is 16.1.